The average Bonchev–Trinajstić information content (AvgIpc) is 2.03. The molecule has 1 atom stereocenters. The summed E-state index contributed by atoms with van der Waals surface area (Å²) < 4.78 is 0.873. The number of aromatic nitrogens is 2. The molecular weight excluding hydrogens is 230 g/mol. The van der Waals surface area contributed by atoms with E-state index in [1.165, 1.54) is 0 Å². The van der Waals surface area contributed by atoms with Gasteiger partial charge in [-0.05, 0) is 21.3 Å². The molecule has 1 unspecified atom stereocenters. The highest BCUT2D eigenvalue weighted by atomic mass is 79.9. The molecule has 0 saturated carbocycles. The Morgan fingerprint density at radius 2 is 1.77 bits per heavy atom. The molecule has 0 spiro atoms. The van der Waals surface area contributed by atoms with Crippen molar-refractivity contribution < 1.29 is 0 Å². The van der Waals surface area contributed by atoms with Crippen LogP contribution in [0.4, 0.5) is 0 Å². The molecule has 4 heteroatoms. The van der Waals surface area contributed by atoms with E-state index in [9.17, 15) is 0 Å². The molecule has 0 aliphatic carbocycles. The lowest BCUT2D eigenvalue weighted by molar-refractivity contribution is 0.315. The summed E-state index contributed by atoms with van der Waals surface area (Å²) in [4.78, 5) is 8.32. The molecular formula is C9H14BrN3. The van der Waals surface area contributed by atoms with Crippen LogP contribution in [-0.4, -0.2) is 9.97 Å². The fourth-order valence-electron chi connectivity index (χ4n) is 0.870. The Morgan fingerprint density at radius 3 is 2.15 bits per heavy atom. The normalized spacial score (nSPS) is 14.2. The number of nitrogens with two attached hydrogens (primary N) is 1. The lowest BCUT2D eigenvalue weighted by Crippen LogP contribution is -2.28. The van der Waals surface area contributed by atoms with Crippen LogP contribution in [0.1, 0.15) is 32.6 Å². The van der Waals surface area contributed by atoms with Crippen molar-refractivity contribution in [3.05, 3.63) is 22.7 Å². The molecule has 1 aromatic heterocycles. The standard InChI is InChI=1S/C9H14BrN3/c1-9(2,3)7(11)8-12-4-6(10)5-13-8/h4-5,7H,11H2,1-3H3. The van der Waals surface area contributed by atoms with Crippen molar-refractivity contribution in [2.75, 3.05) is 0 Å². The fourth-order valence-corrected chi connectivity index (χ4v) is 1.07. The highest BCUT2D eigenvalue weighted by molar-refractivity contribution is 9.10. The van der Waals surface area contributed by atoms with Crippen LogP contribution in [0.15, 0.2) is 16.9 Å². The smallest absolute Gasteiger partial charge is 0.145 e. The van der Waals surface area contributed by atoms with E-state index in [1.54, 1.807) is 12.4 Å². The monoisotopic (exact) mass is 243 g/mol. The summed E-state index contributed by atoms with van der Waals surface area (Å²) in [5.41, 5.74) is 5.98. The zero-order chi connectivity index (χ0) is 10.1. The van der Waals surface area contributed by atoms with Crippen LogP contribution in [0, 0.1) is 5.41 Å². The minimum Gasteiger partial charge on any atom is -0.321 e. The van der Waals surface area contributed by atoms with Gasteiger partial charge in [-0.3, -0.25) is 0 Å². The highest BCUT2D eigenvalue weighted by Gasteiger charge is 2.24. The Hall–Kier alpha value is -0.480. The van der Waals surface area contributed by atoms with Crippen LogP contribution >= 0.6 is 15.9 Å². The zero-order valence-electron chi connectivity index (χ0n) is 8.08. The fraction of sp³-hybridized carbons (Fsp3) is 0.556. The first kappa shape index (κ1) is 10.6. The van der Waals surface area contributed by atoms with Gasteiger partial charge in [-0.15, -0.1) is 0 Å². The van der Waals surface area contributed by atoms with Crippen molar-refractivity contribution in [3.8, 4) is 0 Å². The molecule has 0 fully saturated rings. The maximum Gasteiger partial charge on any atom is 0.145 e. The first-order valence-corrected chi connectivity index (χ1v) is 4.93. The number of hydrogen-bond donors (Lipinski definition) is 1. The summed E-state index contributed by atoms with van der Waals surface area (Å²) >= 11 is 3.28. The Kier molecular flexibility index (Phi) is 3.03. The molecule has 0 aliphatic rings. The maximum atomic E-state index is 5.98. The minimum atomic E-state index is -0.124. The molecule has 0 bridgehead atoms. The third kappa shape index (κ3) is 2.74. The van der Waals surface area contributed by atoms with E-state index < -0.39 is 0 Å². The Morgan fingerprint density at radius 1 is 1.31 bits per heavy atom. The third-order valence-electron chi connectivity index (χ3n) is 1.85. The quantitative estimate of drug-likeness (QED) is 0.824. The van der Waals surface area contributed by atoms with Crippen molar-refractivity contribution in [1.29, 1.82) is 0 Å². The van der Waals surface area contributed by atoms with E-state index in [0.29, 0.717) is 5.82 Å². The van der Waals surface area contributed by atoms with Crippen molar-refractivity contribution in [1.82, 2.24) is 9.97 Å². The van der Waals surface area contributed by atoms with Gasteiger partial charge in [0.05, 0.1) is 10.5 Å². The maximum absolute atomic E-state index is 5.98. The lowest BCUT2D eigenvalue weighted by Gasteiger charge is -2.25. The van der Waals surface area contributed by atoms with Gasteiger partial charge in [0, 0.05) is 12.4 Å². The zero-order valence-corrected chi connectivity index (χ0v) is 9.67. The third-order valence-corrected chi connectivity index (χ3v) is 2.26. The van der Waals surface area contributed by atoms with Crippen LogP contribution in [0.3, 0.4) is 0 Å². The topological polar surface area (TPSA) is 51.8 Å². The van der Waals surface area contributed by atoms with E-state index >= 15 is 0 Å². The van der Waals surface area contributed by atoms with E-state index in [0.717, 1.165) is 4.47 Å². The first-order chi connectivity index (χ1) is 5.91. The van der Waals surface area contributed by atoms with E-state index in [4.69, 9.17) is 5.73 Å². The predicted molar refractivity (Wildman–Crippen MR) is 56.1 cm³/mol. The Labute approximate surface area is 86.9 Å². The molecule has 2 N–H and O–H groups in total. The number of hydrogen-bond acceptors (Lipinski definition) is 3. The van der Waals surface area contributed by atoms with E-state index in [2.05, 4.69) is 46.7 Å². The molecule has 0 aliphatic heterocycles. The van der Waals surface area contributed by atoms with Crippen LogP contribution in [0.25, 0.3) is 0 Å². The van der Waals surface area contributed by atoms with Gasteiger partial charge >= 0.3 is 0 Å². The molecule has 0 saturated heterocycles. The van der Waals surface area contributed by atoms with Gasteiger partial charge in [-0.1, -0.05) is 20.8 Å². The van der Waals surface area contributed by atoms with Gasteiger partial charge < -0.3 is 5.73 Å². The largest absolute Gasteiger partial charge is 0.321 e. The molecule has 3 nitrogen and oxygen atoms in total. The first-order valence-electron chi connectivity index (χ1n) is 4.14. The van der Waals surface area contributed by atoms with Crippen molar-refractivity contribution in [2.24, 2.45) is 11.1 Å². The SMILES string of the molecule is CC(C)(C)C(N)c1ncc(Br)cn1. The summed E-state index contributed by atoms with van der Waals surface area (Å²) in [6.45, 7) is 6.22. The number of nitrogens with zero attached hydrogens (tertiary/aromatic N) is 2. The molecule has 72 valence electrons. The minimum absolute atomic E-state index is 0.00612. The molecule has 1 rings (SSSR count). The van der Waals surface area contributed by atoms with Gasteiger partial charge in [0.2, 0.25) is 0 Å². The molecule has 0 radical (unpaired) electrons. The molecule has 1 heterocycles. The number of halogens is 1. The predicted octanol–water partition coefficient (Wildman–Crippen LogP) is 2.29. The molecule has 0 aromatic carbocycles. The summed E-state index contributed by atoms with van der Waals surface area (Å²) in [5.74, 6) is 0.690. The summed E-state index contributed by atoms with van der Waals surface area (Å²) in [6, 6.07) is -0.124. The van der Waals surface area contributed by atoms with Crippen LogP contribution in [0.5, 0.6) is 0 Å². The molecule has 0 amide bonds. The Bertz CT molecular complexity index is 276. The lowest BCUT2D eigenvalue weighted by atomic mass is 9.87. The van der Waals surface area contributed by atoms with Crippen LogP contribution < -0.4 is 5.73 Å². The van der Waals surface area contributed by atoms with Crippen LogP contribution in [0.2, 0.25) is 0 Å². The van der Waals surface area contributed by atoms with Gasteiger partial charge in [-0.25, -0.2) is 9.97 Å². The number of rotatable bonds is 1. The van der Waals surface area contributed by atoms with Crippen molar-refractivity contribution in [3.63, 3.8) is 0 Å². The van der Waals surface area contributed by atoms with Gasteiger partial charge in [0.25, 0.3) is 0 Å². The van der Waals surface area contributed by atoms with Crippen molar-refractivity contribution >= 4 is 15.9 Å². The van der Waals surface area contributed by atoms with Gasteiger partial charge in [-0.2, -0.15) is 0 Å². The van der Waals surface area contributed by atoms with E-state index in [-0.39, 0.29) is 11.5 Å². The van der Waals surface area contributed by atoms with Gasteiger partial charge in [0.1, 0.15) is 5.82 Å². The molecule has 1 aromatic rings. The van der Waals surface area contributed by atoms with Crippen LogP contribution in [-0.2, 0) is 0 Å². The molecule has 13 heavy (non-hydrogen) atoms. The summed E-state index contributed by atoms with van der Waals surface area (Å²) in [7, 11) is 0. The second-order valence-corrected chi connectivity index (χ2v) is 5.02. The van der Waals surface area contributed by atoms with Gasteiger partial charge in [0.15, 0.2) is 0 Å². The second kappa shape index (κ2) is 3.72. The van der Waals surface area contributed by atoms with Crippen molar-refractivity contribution in [2.45, 2.75) is 26.8 Å². The summed E-state index contributed by atoms with van der Waals surface area (Å²) in [6.07, 6.45) is 3.43. The second-order valence-electron chi connectivity index (χ2n) is 4.10. The van der Waals surface area contributed by atoms with E-state index in [1.807, 2.05) is 0 Å². The highest BCUT2D eigenvalue weighted by Crippen LogP contribution is 2.28. The summed E-state index contributed by atoms with van der Waals surface area (Å²) in [5, 5.41) is 0. The average molecular weight is 244 g/mol. The Balaban J connectivity index is 2.90.